The van der Waals surface area contributed by atoms with Gasteiger partial charge in [0, 0.05) is 66.3 Å². The van der Waals surface area contributed by atoms with Crippen molar-refractivity contribution in [1.82, 2.24) is 24.6 Å². The predicted molar refractivity (Wildman–Crippen MR) is 225 cm³/mol. The summed E-state index contributed by atoms with van der Waals surface area (Å²) < 4.78 is 56.4. The zero-order valence-corrected chi connectivity index (χ0v) is 34.8. The molecular weight excluding hydrogens is 771 g/mol. The van der Waals surface area contributed by atoms with E-state index < -0.39 is 36.9 Å². The molecule has 3 aliphatic rings. The first-order valence-electron chi connectivity index (χ1n) is 20.8. The zero-order valence-electron chi connectivity index (χ0n) is 34.8. The van der Waals surface area contributed by atoms with Crippen LogP contribution in [0.15, 0.2) is 42.6 Å². The molecule has 3 fully saturated rings. The fraction of sp³-hybridized carbons (Fsp3) is 0.478. The van der Waals surface area contributed by atoms with Crippen molar-refractivity contribution < 1.29 is 37.6 Å². The van der Waals surface area contributed by atoms with Gasteiger partial charge < -0.3 is 33.9 Å². The van der Waals surface area contributed by atoms with Gasteiger partial charge in [0.05, 0.1) is 11.7 Å². The number of alkyl halides is 1. The molecule has 14 heteroatoms. The molecule has 60 heavy (non-hydrogen) atoms. The maximum Gasteiger partial charge on any atom is 0.410 e. The quantitative estimate of drug-likeness (QED) is 0.123. The van der Waals surface area contributed by atoms with Crippen LogP contribution in [-0.2, 0) is 16.1 Å². The molecule has 2 aromatic heterocycles. The number of aliphatic hydroxyl groups excluding tert-OH is 1. The lowest BCUT2D eigenvalue weighted by Crippen LogP contribution is -2.39. The third-order valence-corrected chi connectivity index (χ3v) is 11.5. The average Bonchev–Trinajstić information content (AvgIpc) is 3.81. The molecular formula is C46H52F2N6O6. The second-order valence-corrected chi connectivity index (χ2v) is 17.1. The lowest BCUT2D eigenvalue weighted by Gasteiger charge is -2.29. The lowest BCUT2D eigenvalue weighted by atomic mass is 9.88. The standard InChI is InChI=1S/C46H52F2N6O6/c1-7-28-11-13-29(14-12-28)25-58-42-40(39-27(2)36(48)21-37-35(39)23-49-54(37)38-10-8-9-19-57-38)33(30-15-16-30)20-34-41(42)50-44(59-26-32(55)22-47)51-43(34)52(6)31-17-18-53(24-31)45(56)60-46(3,4)5/h1,11-14,20-21,23,30-32,38,55H,8-10,15-19,22,24-26H2,2-6H3/t31-,32+,38?/m0/s1. The fourth-order valence-electron chi connectivity index (χ4n) is 8.19. The second kappa shape index (κ2) is 16.9. The van der Waals surface area contributed by atoms with E-state index in [9.17, 15) is 14.3 Å². The van der Waals surface area contributed by atoms with E-state index in [2.05, 4.69) is 12.0 Å². The summed E-state index contributed by atoms with van der Waals surface area (Å²) in [5.74, 6) is 3.29. The van der Waals surface area contributed by atoms with Gasteiger partial charge in [-0.05, 0) is 107 Å². The van der Waals surface area contributed by atoms with Gasteiger partial charge in [0.25, 0.3) is 0 Å². The first-order chi connectivity index (χ1) is 28.8. The van der Waals surface area contributed by atoms with E-state index in [1.54, 1.807) is 22.7 Å². The number of nitrogens with zero attached hydrogens (tertiary/aromatic N) is 6. The smallest absolute Gasteiger partial charge is 0.410 e. The van der Waals surface area contributed by atoms with Crippen LogP contribution in [0, 0.1) is 25.1 Å². The third-order valence-electron chi connectivity index (χ3n) is 11.5. The van der Waals surface area contributed by atoms with Crippen molar-refractivity contribution >= 4 is 33.7 Å². The SMILES string of the molecule is C#Cc1ccc(COc2c(-c3c(C)c(F)cc4c3cnn4C3CCCCO3)c(C3CC3)cc3c(N(C)[C@H]4CCN(C(=O)OC(C)(C)C)C4)nc(OC[C@H](O)CF)nc23)cc1. The van der Waals surface area contributed by atoms with Crippen LogP contribution < -0.4 is 14.4 Å². The van der Waals surface area contributed by atoms with Crippen molar-refractivity contribution in [3.8, 4) is 35.2 Å². The highest BCUT2D eigenvalue weighted by Gasteiger charge is 2.37. The first-order valence-corrected chi connectivity index (χ1v) is 20.8. The third kappa shape index (κ3) is 8.43. The van der Waals surface area contributed by atoms with Crippen LogP contribution in [0.3, 0.4) is 0 Å². The number of ether oxygens (including phenoxy) is 4. The molecule has 8 rings (SSSR count). The van der Waals surface area contributed by atoms with Gasteiger partial charge in [0.15, 0.2) is 12.0 Å². The normalized spacial score (nSPS) is 18.8. The number of halogens is 2. The van der Waals surface area contributed by atoms with E-state index in [0.29, 0.717) is 70.8 Å². The summed E-state index contributed by atoms with van der Waals surface area (Å²) >= 11 is 0. The molecule has 2 aliphatic heterocycles. The highest BCUT2D eigenvalue weighted by molar-refractivity contribution is 6.06. The molecule has 0 spiro atoms. The van der Waals surface area contributed by atoms with E-state index in [1.807, 2.05) is 57.0 Å². The zero-order chi connectivity index (χ0) is 42.3. The highest BCUT2D eigenvalue weighted by Crippen LogP contribution is 2.53. The Morgan fingerprint density at radius 3 is 2.55 bits per heavy atom. The van der Waals surface area contributed by atoms with Gasteiger partial charge >= 0.3 is 12.1 Å². The van der Waals surface area contributed by atoms with Crippen LogP contribution in [0.5, 0.6) is 11.8 Å². The van der Waals surface area contributed by atoms with Crippen LogP contribution in [0.2, 0.25) is 0 Å². The minimum atomic E-state index is -1.40. The summed E-state index contributed by atoms with van der Waals surface area (Å²) in [5, 5.41) is 16.4. The molecule has 0 radical (unpaired) electrons. The first kappa shape index (κ1) is 41.2. The van der Waals surface area contributed by atoms with Crippen molar-refractivity contribution in [3.05, 3.63) is 70.7 Å². The van der Waals surface area contributed by atoms with Crippen molar-refractivity contribution in [3.63, 3.8) is 0 Å². The summed E-state index contributed by atoms with van der Waals surface area (Å²) in [6, 6.07) is 10.8. The highest BCUT2D eigenvalue weighted by atomic mass is 19.1. The van der Waals surface area contributed by atoms with E-state index in [1.165, 1.54) is 6.07 Å². The number of benzene rings is 3. The van der Waals surface area contributed by atoms with Gasteiger partial charge in [-0.2, -0.15) is 15.1 Å². The van der Waals surface area contributed by atoms with Crippen LogP contribution in [0.4, 0.5) is 19.4 Å². The molecule has 4 heterocycles. The van der Waals surface area contributed by atoms with Crippen LogP contribution in [-0.4, -0.2) is 93.6 Å². The number of likely N-dealkylation sites (N-methyl/N-ethyl adjacent to an activating group) is 1. The molecule has 1 N–H and O–H groups in total. The summed E-state index contributed by atoms with van der Waals surface area (Å²) in [6.45, 7) is 7.46. The Morgan fingerprint density at radius 1 is 1.08 bits per heavy atom. The number of amides is 1. The molecule has 1 amide bonds. The Labute approximate surface area is 348 Å². The summed E-state index contributed by atoms with van der Waals surface area (Å²) in [5.41, 5.74) is 4.64. The minimum Gasteiger partial charge on any atom is -0.486 e. The van der Waals surface area contributed by atoms with Gasteiger partial charge in [-0.25, -0.2) is 18.3 Å². The largest absolute Gasteiger partial charge is 0.486 e. The number of hydrogen-bond acceptors (Lipinski definition) is 10. The second-order valence-electron chi connectivity index (χ2n) is 17.1. The van der Waals surface area contributed by atoms with Crippen LogP contribution in [0.1, 0.15) is 93.7 Å². The number of hydrogen-bond donors (Lipinski definition) is 1. The maximum absolute atomic E-state index is 16.4. The molecule has 316 valence electrons. The molecule has 1 unspecified atom stereocenters. The summed E-state index contributed by atoms with van der Waals surface area (Å²) in [4.78, 5) is 26.6. The Bertz CT molecular complexity index is 2430. The van der Waals surface area contributed by atoms with Crippen molar-refractivity contribution in [2.24, 2.45) is 0 Å². The molecule has 2 saturated heterocycles. The Balaban J connectivity index is 1.34. The number of likely N-dealkylation sites (tertiary alicyclic amines) is 1. The molecule has 1 aliphatic carbocycles. The minimum absolute atomic E-state index is 0.101. The van der Waals surface area contributed by atoms with Crippen molar-refractivity contribution in [2.75, 3.05) is 44.9 Å². The molecule has 1 saturated carbocycles. The van der Waals surface area contributed by atoms with Crippen molar-refractivity contribution in [1.29, 1.82) is 0 Å². The summed E-state index contributed by atoms with van der Waals surface area (Å²) in [6.07, 6.45) is 10.5. The van der Waals surface area contributed by atoms with Gasteiger partial charge in [0.1, 0.15) is 48.7 Å². The molecule has 0 bridgehead atoms. The number of anilines is 1. The van der Waals surface area contributed by atoms with E-state index in [-0.39, 0.29) is 30.8 Å². The fourth-order valence-corrected chi connectivity index (χ4v) is 8.19. The molecule has 3 aromatic carbocycles. The van der Waals surface area contributed by atoms with Gasteiger partial charge in [-0.1, -0.05) is 18.1 Å². The Morgan fingerprint density at radius 2 is 1.87 bits per heavy atom. The topological polar surface area (TPSA) is 124 Å². The number of terminal acetylenes is 1. The molecule has 3 atom stereocenters. The van der Waals surface area contributed by atoms with E-state index >= 15 is 4.39 Å². The predicted octanol–water partition coefficient (Wildman–Crippen LogP) is 8.39. The number of carbonyl (C=O) groups is 1. The lowest BCUT2D eigenvalue weighted by molar-refractivity contribution is -0.0366. The Kier molecular flexibility index (Phi) is 11.6. The van der Waals surface area contributed by atoms with E-state index in [0.717, 1.165) is 54.2 Å². The average molecular weight is 823 g/mol. The molecule has 5 aromatic rings. The van der Waals surface area contributed by atoms with Crippen LogP contribution >= 0.6 is 0 Å². The number of carbonyl (C=O) groups excluding carboxylic acids is 1. The summed E-state index contributed by atoms with van der Waals surface area (Å²) in [7, 11) is 1.91. The molecule has 12 nitrogen and oxygen atoms in total. The van der Waals surface area contributed by atoms with Crippen LogP contribution in [0.25, 0.3) is 32.9 Å². The monoisotopic (exact) mass is 822 g/mol. The van der Waals surface area contributed by atoms with E-state index in [4.69, 9.17) is 40.4 Å². The number of rotatable bonds is 12. The maximum atomic E-state index is 16.4. The Hall–Kier alpha value is -5.52. The van der Waals surface area contributed by atoms with Gasteiger partial charge in [0.2, 0.25) is 0 Å². The van der Waals surface area contributed by atoms with Gasteiger partial charge in [-0.15, -0.1) is 6.42 Å². The van der Waals surface area contributed by atoms with Crippen molar-refractivity contribution in [2.45, 2.75) is 103 Å². The van der Waals surface area contributed by atoms with Gasteiger partial charge in [-0.3, -0.25) is 0 Å². The number of fused-ring (bicyclic) bond motifs is 2. The number of aliphatic hydroxyl groups is 1. The number of aromatic nitrogens is 4.